The van der Waals surface area contributed by atoms with E-state index < -0.39 is 11.9 Å². The monoisotopic (exact) mass is 179 g/mol. The van der Waals surface area contributed by atoms with Crippen molar-refractivity contribution in [2.24, 2.45) is 0 Å². The van der Waals surface area contributed by atoms with Crippen LogP contribution >= 0.6 is 0 Å². The van der Waals surface area contributed by atoms with Crippen molar-refractivity contribution >= 4 is 0 Å². The Kier molecular flexibility index (Phi) is 2.08. The quantitative estimate of drug-likeness (QED) is 0.658. The van der Waals surface area contributed by atoms with Gasteiger partial charge < -0.3 is 0 Å². The van der Waals surface area contributed by atoms with Crippen molar-refractivity contribution in [2.75, 3.05) is 0 Å². The van der Waals surface area contributed by atoms with E-state index in [1.54, 1.807) is 13.8 Å². The zero-order valence-electron chi connectivity index (χ0n) is 6.63. The van der Waals surface area contributed by atoms with E-state index >= 15 is 0 Å². The average Bonchev–Trinajstić information content (AvgIpc) is 2.30. The minimum Gasteiger partial charge on any atom is -0.249 e. The van der Waals surface area contributed by atoms with E-state index in [9.17, 15) is 13.2 Å². The van der Waals surface area contributed by atoms with Gasteiger partial charge >= 0.3 is 6.18 Å². The predicted molar refractivity (Wildman–Crippen MR) is 35.4 cm³/mol. The van der Waals surface area contributed by atoms with Crippen LogP contribution in [0.2, 0.25) is 0 Å². The number of aromatic nitrogens is 3. The maximum atomic E-state index is 11.9. The first kappa shape index (κ1) is 9.02. The summed E-state index contributed by atoms with van der Waals surface area (Å²) in [5.41, 5.74) is -0.948. The predicted octanol–water partition coefficient (Wildman–Crippen LogP) is 1.88. The minimum atomic E-state index is -4.40. The lowest BCUT2D eigenvalue weighted by Gasteiger charge is -2.02. The van der Waals surface area contributed by atoms with Crippen LogP contribution in [-0.4, -0.2) is 15.0 Å². The molecule has 68 valence electrons. The molecule has 0 fully saturated rings. The molecule has 0 aromatic carbocycles. The number of hydrogen-bond acceptors (Lipinski definition) is 2. The van der Waals surface area contributed by atoms with Gasteiger partial charge in [0.2, 0.25) is 0 Å². The molecule has 0 saturated carbocycles. The number of hydrogen-bond donors (Lipinski definition) is 0. The molecule has 12 heavy (non-hydrogen) atoms. The molecule has 0 atom stereocenters. The average molecular weight is 179 g/mol. The van der Waals surface area contributed by atoms with Crippen LogP contribution in [-0.2, 0) is 6.18 Å². The number of rotatable bonds is 1. The third kappa shape index (κ3) is 1.75. The molecule has 0 amide bonds. The van der Waals surface area contributed by atoms with Gasteiger partial charge in [-0.2, -0.15) is 13.2 Å². The van der Waals surface area contributed by atoms with E-state index in [0.717, 1.165) is 6.20 Å². The van der Waals surface area contributed by atoms with Crippen molar-refractivity contribution in [3.8, 4) is 0 Å². The second kappa shape index (κ2) is 2.76. The zero-order chi connectivity index (χ0) is 9.35. The molecule has 0 aliphatic carbocycles. The van der Waals surface area contributed by atoms with Crippen molar-refractivity contribution in [1.29, 1.82) is 0 Å². The summed E-state index contributed by atoms with van der Waals surface area (Å²) >= 11 is 0. The summed E-state index contributed by atoms with van der Waals surface area (Å²) in [5, 5.41) is 6.33. The first-order chi connectivity index (χ1) is 5.41. The van der Waals surface area contributed by atoms with Gasteiger partial charge in [-0.05, 0) is 13.8 Å². The Morgan fingerprint density at radius 2 is 2.00 bits per heavy atom. The van der Waals surface area contributed by atoms with Crippen molar-refractivity contribution < 1.29 is 13.2 Å². The lowest BCUT2D eigenvalue weighted by Crippen LogP contribution is -2.05. The lowest BCUT2D eigenvalue weighted by molar-refractivity contribution is -0.141. The highest BCUT2D eigenvalue weighted by Crippen LogP contribution is 2.27. The Labute approximate surface area is 67.2 Å². The Morgan fingerprint density at radius 3 is 2.25 bits per heavy atom. The molecule has 0 aliphatic heterocycles. The van der Waals surface area contributed by atoms with E-state index in [0.29, 0.717) is 0 Å². The van der Waals surface area contributed by atoms with Crippen LogP contribution < -0.4 is 0 Å². The fraction of sp³-hybridized carbons (Fsp3) is 0.667. The Bertz CT molecular complexity index is 263. The second-order valence-corrected chi connectivity index (χ2v) is 2.68. The van der Waals surface area contributed by atoms with E-state index in [4.69, 9.17) is 0 Å². The summed E-state index contributed by atoms with van der Waals surface area (Å²) in [6.07, 6.45) is -3.50. The smallest absolute Gasteiger partial charge is 0.249 e. The normalized spacial score (nSPS) is 12.5. The van der Waals surface area contributed by atoms with Gasteiger partial charge in [0.25, 0.3) is 0 Å². The number of halogens is 3. The fourth-order valence-electron chi connectivity index (χ4n) is 0.659. The number of alkyl halides is 3. The molecule has 0 unspecified atom stereocenters. The highest BCUT2D eigenvalue weighted by atomic mass is 19.4. The van der Waals surface area contributed by atoms with E-state index in [1.165, 1.54) is 4.68 Å². The third-order valence-electron chi connectivity index (χ3n) is 1.33. The van der Waals surface area contributed by atoms with Crippen LogP contribution in [0.5, 0.6) is 0 Å². The number of nitrogens with zero attached hydrogens (tertiary/aromatic N) is 3. The summed E-state index contributed by atoms with van der Waals surface area (Å²) in [4.78, 5) is 0. The van der Waals surface area contributed by atoms with Gasteiger partial charge in [0.15, 0.2) is 5.69 Å². The van der Waals surface area contributed by atoms with Crippen molar-refractivity contribution in [1.82, 2.24) is 15.0 Å². The van der Waals surface area contributed by atoms with E-state index in [-0.39, 0.29) is 6.04 Å². The van der Waals surface area contributed by atoms with Crippen LogP contribution in [0.1, 0.15) is 25.6 Å². The molecule has 0 spiro atoms. The second-order valence-electron chi connectivity index (χ2n) is 2.68. The molecular formula is C6H8F3N3. The Hall–Kier alpha value is -1.07. The van der Waals surface area contributed by atoms with Crippen LogP contribution in [0.15, 0.2) is 6.20 Å². The Balaban J connectivity index is 2.92. The Morgan fingerprint density at radius 1 is 1.42 bits per heavy atom. The van der Waals surface area contributed by atoms with Crippen LogP contribution in [0.4, 0.5) is 13.2 Å². The van der Waals surface area contributed by atoms with Crippen molar-refractivity contribution in [3.05, 3.63) is 11.9 Å². The summed E-state index contributed by atoms with van der Waals surface area (Å²) in [6.45, 7) is 3.46. The summed E-state index contributed by atoms with van der Waals surface area (Å²) < 4.78 is 37.0. The zero-order valence-corrected chi connectivity index (χ0v) is 6.63. The molecule has 0 N–H and O–H groups in total. The molecule has 1 heterocycles. The third-order valence-corrected chi connectivity index (χ3v) is 1.33. The van der Waals surface area contributed by atoms with Gasteiger partial charge in [0.05, 0.1) is 6.20 Å². The molecule has 3 nitrogen and oxygen atoms in total. The fourth-order valence-corrected chi connectivity index (χ4v) is 0.659. The largest absolute Gasteiger partial charge is 0.436 e. The van der Waals surface area contributed by atoms with Gasteiger partial charge in [-0.15, -0.1) is 5.10 Å². The molecule has 6 heteroatoms. The molecule has 0 radical (unpaired) electrons. The van der Waals surface area contributed by atoms with Crippen LogP contribution in [0.25, 0.3) is 0 Å². The highest BCUT2D eigenvalue weighted by molar-refractivity contribution is 4.97. The van der Waals surface area contributed by atoms with Gasteiger partial charge in [-0.3, -0.25) is 0 Å². The molecule has 0 aliphatic rings. The van der Waals surface area contributed by atoms with Crippen molar-refractivity contribution in [3.63, 3.8) is 0 Å². The molecule has 1 aromatic heterocycles. The highest BCUT2D eigenvalue weighted by Gasteiger charge is 2.34. The van der Waals surface area contributed by atoms with Crippen LogP contribution in [0.3, 0.4) is 0 Å². The van der Waals surface area contributed by atoms with Gasteiger partial charge in [-0.25, -0.2) is 4.68 Å². The van der Waals surface area contributed by atoms with Crippen LogP contribution in [0, 0.1) is 0 Å². The lowest BCUT2D eigenvalue weighted by atomic mass is 10.4. The molecule has 0 bridgehead atoms. The maximum absolute atomic E-state index is 11.9. The SMILES string of the molecule is CC(C)n1cc(C(F)(F)F)nn1. The summed E-state index contributed by atoms with van der Waals surface area (Å²) in [5.74, 6) is 0. The molecule has 1 rings (SSSR count). The van der Waals surface area contributed by atoms with Gasteiger partial charge in [0, 0.05) is 6.04 Å². The van der Waals surface area contributed by atoms with E-state index in [1.807, 2.05) is 0 Å². The standard InChI is InChI=1S/C6H8F3N3/c1-4(2)12-3-5(10-11-12)6(7,8)9/h3-4H,1-2H3. The first-order valence-corrected chi connectivity index (χ1v) is 3.40. The molecule has 1 aromatic rings. The molecular weight excluding hydrogens is 171 g/mol. The summed E-state index contributed by atoms with van der Waals surface area (Å²) in [6, 6.07) is -0.103. The van der Waals surface area contributed by atoms with Gasteiger partial charge in [0.1, 0.15) is 0 Å². The maximum Gasteiger partial charge on any atom is 0.436 e. The van der Waals surface area contributed by atoms with Gasteiger partial charge in [-0.1, -0.05) is 5.21 Å². The summed E-state index contributed by atoms with van der Waals surface area (Å²) in [7, 11) is 0. The topological polar surface area (TPSA) is 30.7 Å². The first-order valence-electron chi connectivity index (χ1n) is 3.40. The molecule has 0 saturated heterocycles. The van der Waals surface area contributed by atoms with Crippen molar-refractivity contribution in [2.45, 2.75) is 26.1 Å². The van der Waals surface area contributed by atoms with E-state index in [2.05, 4.69) is 10.3 Å². The minimum absolute atomic E-state index is 0.103.